The Balaban J connectivity index is 1.33. The Bertz CT molecular complexity index is 2760. The molecule has 0 radical (unpaired) electrons. The van der Waals surface area contributed by atoms with Crippen molar-refractivity contribution in [1.82, 2.24) is 24.5 Å². The van der Waals surface area contributed by atoms with E-state index in [1.165, 1.54) is 0 Å². The molecule has 10 rings (SSSR count). The number of hydrogen-bond acceptors (Lipinski definition) is 5. The minimum atomic E-state index is 0.607. The van der Waals surface area contributed by atoms with E-state index in [0.717, 1.165) is 88.3 Å². The average Bonchev–Trinajstić information content (AvgIpc) is 3.67. The zero-order chi connectivity index (χ0) is 30.2. The van der Waals surface area contributed by atoms with Crippen LogP contribution in [0.1, 0.15) is 0 Å². The zero-order valence-electron chi connectivity index (χ0n) is 24.4. The number of furan rings is 1. The first-order valence-corrected chi connectivity index (χ1v) is 15.2. The molecule has 0 saturated heterocycles. The quantitative estimate of drug-likeness (QED) is 0.192. The Hall–Kier alpha value is -6.40. The highest BCUT2D eigenvalue weighted by Crippen LogP contribution is 2.37. The number of nitrogens with zero attached hydrogens (tertiary/aromatic N) is 5. The van der Waals surface area contributed by atoms with Crippen LogP contribution in [0, 0.1) is 0 Å². The van der Waals surface area contributed by atoms with Crippen molar-refractivity contribution >= 4 is 65.7 Å². The molecule has 6 heteroatoms. The lowest BCUT2D eigenvalue weighted by Crippen LogP contribution is -2.04. The molecule has 0 N–H and O–H groups in total. The van der Waals surface area contributed by atoms with Gasteiger partial charge in [-0.15, -0.1) is 0 Å². The van der Waals surface area contributed by atoms with Gasteiger partial charge in [0.2, 0.25) is 0 Å². The van der Waals surface area contributed by atoms with Gasteiger partial charge in [0.15, 0.2) is 11.6 Å². The zero-order valence-corrected chi connectivity index (χ0v) is 24.4. The first-order valence-electron chi connectivity index (χ1n) is 15.2. The summed E-state index contributed by atoms with van der Waals surface area (Å²) in [5.74, 6) is 1.37. The Morgan fingerprint density at radius 3 is 2.22 bits per heavy atom. The molecule has 0 aliphatic rings. The third-order valence-corrected chi connectivity index (χ3v) is 8.86. The Labute approximate surface area is 262 Å². The second-order valence-corrected chi connectivity index (χ2v) is 11.5. The number of benzene rings is 5. The molecule has 0 amide bonds. The summed E-state index contributed by atoms with van der Waals surface area (Å²) in [6.45, 7) is 0. The van der Waals surface area contributed by atoms with Crippen LogP contribution >= 0.6 is 0 Å². The van der Waals surface area contributed by atoms with Crippen LogP contribution in [0.5, 0.6) is 0 Å². The van der Waals surface area contributed by atoms with Crippen molar-refractivity contribution in [1.29, 1.82) is 0 Å². The molecule has 46 heavy (non-hydrogen) atoms. The molecule has 0 fully saturated rings. The predicted octanol–water partition coefficient (Wildman–Crippen LogP) is 9.90. The molecule has 5 aromatic carbocycles. The van der Waals surface area contributed by atoms with Gasteiger partial charge >= 0.3 is 0 Å². The molecule has 10 aromatic rings. The number of aromatic nitrogens is 5. The van der Waals surface area contributed by atoms with Gasteiger partial charge in [0.05, 0.1) is 16.7 Å². The SMILES string of the molecule is c1ccc(-c2ccc3ccc4c(-n5c6ccccc6c6cccnc65)nc(-c5ccc6oc7ccccc7c6c5)nc4c3n2)cc1. The molecular weight excluding hydrogens is 566 g/mol. The van der Waals surface area contributed by atoms with Crippen molar-refractivity contribution in [3.8, 4) is 28.5 Å². The van der Waals surface area contributed by atoms with Crippen LogP contribution < -0.4 is 0 Å². The molecule has 5 aromatic heterocycles. The molecule has 214 valence electrons. The number of hydrogen-bond donors (Lipinski definition) is 0. The normalized spacial score (nSPS) is 11.9. The summed E-state index contributed by atoms with van der Waals surface area (Å²) < 4.78 is 8.31. The first-order chi connectivity index (χ1) is 22.8. The van der Waals surface area contributed by atoms with Crippen molar-refractivity contribution in [2.45, 2.75) is 0 Å². The van der Waals surface area contributed by atoms with Crippen molar-refractivity contribution in [3.05, 3.63) is 140 Å². The monoisotopic (exact) mass is 589 g/mol. The standard InChI is InChI=1S/C40H23N5O/c1-2-9-24(10-3-1)32-20-17-25-16-19-30-37(36(25)42-32)43-38(26-18-21-35-31(23-26)28-12-5-7-15-34(28)46-35)44-40(30)45-33-14-6-4-11-27(33)29-13-8-22-41-39(29)45/h1-23H. The van der Waals surface area contributed by atoms with E-state index in [9.17, 15) is 0 Å². The molecule has 6 nitrogen and oxygen atoms in total. The highest BCUT2D eigenvalue weighted by molar-refractivity contribution is 6.11. The van der Waals surface area contributed by atoms with E-state index >= 15 is 0 Å². The fourth-order valence-corrected chi connectivity index (χ4v) is 6.70. The van der Waals surface area contributed by atoms with Gasteiger partial charge in [-0.1, -0.05) is 78.9 Å². The third-order valence-electron chi connectivity index (χ3n) is 8.86. The minimum absolute atomic E-state index is 0.607. The second-order valence-electron chi connectivity index (χ2n) is 11.5. The molecule has 0 bridgehead atoms. The van der Waals surface area contributed by atoms with Crippen LogP contribution in [0.4, 0.5) is 0 Å². The van der Waals surface area contributed by atoms with Crippen LogP contribution in [0.15, 0.2) is 144 Å². The molecule has 0 aliphatic heterocycles. The highest BCUT2D eigenvalue weighted by Gasteiger charge is 2.20. The van der Waals surface area contributed by atoms with Gasteiger partial charge < -0.3 is 4.42 Å². The van der Waals surface area contributed by atoms with E-state index in [2.05, 4.69) is 83.4 Å². The predicted molar refractivity (Wildman–Crippen MR) is 185 cm³/mol. The fourth-order valence-electron chi connectivity index (χ4n) is 6.70. The third kappa shape index (κ3) is 3.64. The van der Waals surface area contributed by atoms with Crippen molar-refractivity contribution < 1.29 is 4.42 Å². The second kappa shape index (κ2) is 9.55. The van der Waals surface area contributed by atoms with E-state index in [4.69, 9.17) is 24.4 Å². The van der Waals surface area contributed by atoms with Crippen molar-refractivity contribution in [2.75, 3.05) is 0 Å². The first kappa shape index (κ1) is 25.0. The highest BCUT2D eigenvalue weighted by atomic mass is 16.3. The molecule has 0 spiro atoms. The van der Waals surface area contributed by atoms with E-state index < -0.39 is 0 Å². The van der Waals surface area contributed by atoms with Crippen LogP contribution in [-0.4, -0.2) is 24.5 Å². The Kier molecular flexibility index (Phi) is 5.19. The lowest BCUT2D eigenvalue weighted by molar-refractivity contribution is 0.669. The summed E-state index contributed by atoms with van der Waals surface area (Å²) in [5.41, 5.74) is 8.02. The largest absolute Gasteiger partial charge is 0.456 e. The molecule has 5 heterocycles. The summed E-state index contributed by atoms with van der Waals surface area (Å²) in [7, 11) is 0. The smallest absolute Gasteiger partial charge is 0.162 e. The van der Waals surface area contributed by atoms with E-state index in [0.29, 0.717) is 5.82 Å². The summed E-state index contributed by atoms with van der Waals surface area (Å²) in [5, 5.41) is 6.20. The summed E-state index contributed by atoms with van der Waals surface area (Å²) in [6, 6.07) is 45.4. The minimum Gasteiger partial charge on any atom is -0.456 e. The van der Waals surface area contributed by atoms with Crippen LogP contribution in [0.3, 0.4) is 0 Å². The maximum atomic E-state index is 6.14. The molecular formula is C40H23N5O. The van der Waals surface area contributed by atoms with Gasteiger partial charge in [0.1, 0.15) is 22.3 Å². The summed E-state index contributed by atoms with van der Waals surface area (Å²) >= 11 is 0. The van der Waals surface area contributed by atoms with Crippen LogP contribution in [-0.2, 0) is 0 Å². The molecule has 0 saturated carbocycles. The summed E-state index contributed by atoms with van der Waals surface area (Å²) in [4.78, 5) is 20.7. The van der Waals surface area contributed by atoms with Crippen molar-refractivity contribution in [3.63, 3.8) is 0 Å². The van der Waals surface area contributed by atoms with Gasteiger partial charge in [-0.05, 0) is 54.6 Å². The van der Waals surface area contributed by atoms with Crippen LogP contribution in [0.25, 0.3) is 94.1 Å². The summed E-state index contributed by atoms with van der Waals surface area (Å²) in [6.07, 6.45) is 1.84. The maximum Gasteiger partial charge on any atom is 0.162 e. The maximum absolute atomic E-state index is 6.14. The molecule has 0 unspecified atom stereocenters. The van der Waals surface area contributed by atoms with Crippen LogP contribution in [0.2, 0.25) is 0 Å². The lowest BCUT2D eigenvalue weighted by Gasteiger charge is -2.14. The molecule has 0 atom stereocenters. The topological polar surface area (TPSA) is 69.6 Å². The van der Waals surface area contributed by atoms with Crippen molar-refractivity contribution in [2.24, 2.45) is 0 Å². The molecule has 0 aliphatic carbocycles. The number of rotatable bonds is 3. The van der Waals surface area contributed by atoms with Gasteiger partial charge in [-0.3, -0.25) is 4.57 Å². The van der Waals surface area contributed by atoms with Gasteiger partial charge in [0.25, 0.3) is 0 Å². The Morgan fingerprint density at radius 1 is 0.500 bits per heavy atom. The van der Waals surface area contributed by atoms with Gasteiger partial charge in [-0.2, -0.15) is 0 Å². The number of fused-ring (bicyclic) bond motifs is 9. The van der Waals surface area contributed by atoms with E-state index in [1.807, 2.05) is 60.8 Å². The van der Waals surface area contributed by atoms with E-state index in [-0.39, 0.29) is 0 Å². The number of para-hydroxylation sites is 2. The lowest BCUT2D eigenvalue weighted by atomic mass is 10.1. The average molecular weight is 590 g/mol. The van der Waals surface area contributed by atoms with E-state index in [1.54, 1.807) is 0 Å². The number of pyridine rings is 2. The Morgan fingerprint density at radius 2 is 1.28 bits per heavy atom. The van der Waals surface area contributed by atoms with Gasteiger partial charge in [0, 0.05) is 49.6 Å². The van der Waals surface area contributed by atoms with Gasteiger partial charge in [-0.25, -0.2) is 19.9 Å². The fraction of sp³-hybridized carbons (Fsp3) is 0.